The highest BCUT2D eigenvalue weighted by Gasteiger charge is 2.30. The van der Waals surface area contributed by atoms with Crippen molar-refractivity contribution in [2.75, 3.05) is 6.54 Å². The summed E-state index contributed by atoms with van der Waals surface area (Å²) in [5.74, 6) is 0.00222. The van der Waals surface area contributed by atoms with Gasteiger partial charge in [0.1, 0.15) is 6.17 Å². The van der Waals surface area contributed by atoms with Gasteiger partial charge in [-0.05, 0) is 24.1 Å². The fourth-order valence-electron chi connectivity index (χ4n) is 1.83. The van der Waals surface area contributed by atoms with Crippen LogP contribution in [0.15, 0.2) is 24.3 Å². The van der Waals surface area contributed by atoms with Gasteiger partial charge in [0.25, 0.3) is 0 Å². The van der Waals surface area contributed by atoms with Crippen LogP contribution in [-0.4, -0.2) is 6.54 Å². The second kappa shape index (κ2) is 2.87. The predicted molar refractivity (Wildman–Crippen MR) is 46.5 cm³/mol. The molecule has 0 radical (unpaired) electrons. The van der Waals surface area contributed by atoms with Crippen LogP contribution in [0.1, 0.15) is 17.3 Å². The van der Waals surface area contributed by atoms with Crippen molar-refractivity contribution < 1.29 is 4.39 Å². The average molecular weight is 165 g/mol. The fourth-order valence-corrected chi connectivity index (χ4v) is 1.83. The first kappa shape index (κ1) is 7.74. The van der Waals surface area contributed by atoms with E-state index in [1.165, 1.54) is 0 Å². The number of nitrogens with two attached hydrogens (primary N) is 1. The normalized spacial score (nSPS) is 27.2. The predicted octanol–water partition coefficient (Wildman–Crippen LogP) is 1.83. The highest BCUT2D eigenvalue weighted by molar-refractivity contribution is 5.34. The van der Waals surface area contributed by atoms with E-state index in [1.54, 1.807) is 0 Å². The molecule has 1 nitrogen and oxygen atoms in total. The van der Waals surface area contributed by atoms with E-state index >= 15 is 0 Å². The molecule has 2 heteroatoms. The summed E-state index contributed by atoms with van der Waals surface area (Å²) in [5, 5.41) is 0. The average Bonchev–Trinajstić information content (AvgIpc) is 2.44. The number of hydrogen-bond acceptors (Lipinski definition) is 1. The molecule has 1 aromatic carbocycles. The van der Waals surface area contributed by atoms with Crippen LogP contribution in [0.3, 0.4) is 0 Å². The van der Waals surface area contributed by atoms with E-state index in [-0.39, 0.29) is 5.92 Å². The standard InChI is InChI=1S/C10H12FN/c11-10-8(6-12)5-7-3-1-2-4-9(7)10/h1-4,8,10H,5-6,12H2/t8-,10+/m0/s1. The zero-order valence-corrected chi connectivity index (χ0v) is 6.83. The lowest BCUT2D eigenvalue weighted by molar-refractivity contribution is 0.258. The molecule has 0 unspecified atom stereocenters. The second-order valence-electron chi connectivity index (χ2n) is 3.30. The van der Waals surface area contributed by atoms with Crippen molar-refractivity contribution in [2.45, 2.75) is 12.6 Å². The Morgan fingerprint density at radius 1 is 1.42 bits per heavy atom. The van der Waals surface area contributed by atoms with Crippen molar-refractivity contribution in [3.05, 3.63) is 35.4 Å². The van der Waals surface area contributed by atoms with Crippen LogP contribution in [0.2, 0.25) is 0 Å². The van der Waals surface area contributed by atoms with E-state index < -0.39 is 6.17 Å². The molecule has 2 N–H and O–H groups in total. The molecular formula is C10H12FN. The highest BCUT2D eigenvalue weighted by atomic mass is 19.1. The van der Waals surface area contributed by atoms with Crippen molar-refractivity contribution in [1.82, 2.24) is 0 Å². The summed E-state index contributed by atoms with van der Waals surface area (Å²) in [6, 6.07) is 7.67. The van der Waals surface area contributed by atoms with E-state index in [1.807, 2.05) is 24.3 Å². The molecule has 0 saturated heterocycles. The van der Waals surface area contributed by atoms with Gasteiger partial charge in [-0.3, -0.25) is 0 Å². The van der Waals surface area contributed by atoms with Crippen LogP contribution in [0.4, 0.5) is 4.39 Å². The molecular weight excluding hydrogens is 153 g/mol. The molecule has 0 aromatic heterocycles. The van der Waals surface area contributed by atoms with Gasteiger partial charge < -0.3 is 5.73 Å². The summed E-state index contributed by atoms with van der Waals surface area (Å²) in [6.07, 6.45) is -0.0420. The molecule has 0 fully saturated rings. The quantitative estimate of drug-likeness (QED) is 0.675. The Bertz CT molecular complexity index is 285. The number of hydrogen-bond donors (Lipinski definition) is 1. The Hall–Kier alpha value is -0.890. The molecule has 0 amide bonds. The maximum Gasteiger partial charge on any atom is 0.130 e. The van der Waals surface area contributed by atoms with Crippen molar-refractivity contribution in [1.29, 1.82) is 0 Å². The van der Waals surface area contributed by atoms with Crippen molar-refractivity contribution in [2.24, 2.45) is 11.7 Å². The number of halogens is 1. The van der Waals surface area contributed by atoms with Crippen LogP contribution < -0.4 is 5.73 Å². The molecule has 12 heavy (non-hydrogen) atoms. The molecule has 0 spiro atoms. The molecule has 1 aliphatic carbocycles. The lowest BCUT2D eigenvalue weighted by Gasteiger charge is -2.08. The van der Waals surface area contributed by atoms with E-state index in [0.29, 0.717) is 6.54 Å². The lowest BCUT2D eigenvalue weighted by Crippen LogP contribution is -2.16. The van der Waals surface area contributed by atoms with Crippen LogP contribution >= 0.6 is 0 Å². The van der Waals surface area contributed by atoms with E-state index in [9.17, 15) is 4.39 Å². The number of fused-ring (bicyclic) bond motifs is 1. The SMILES string of the molecule is NC[C@@H]1Cc2ccccc2[C@@H]1F. The van der Waals surface area contributed by atoms with Crippen LogP contribution in [-0.2, 0) is 6.42 Å². The molecule has 0 aliphatic heterocycles. The summed E-state index contributed by atoms with van der Waals surface area (Å²) in [7, 11) is 0. The minimum atomic E-state index is -0.841. The molecule has 1 aliphatic rings. The van der Waals surface area contributed by atoms with Gasteiger partial charge in [-0.25, -0.2) is 4.39 Å². The lowest BCUT2D eigenvalue weighted by atomic mass is 10.1. The van der Waals surface area contributed by atoms with E-state index in [0.717, 1.165) is 17.5 Å². The Morgan fingerprint density at radius 2 is 2.17 bits per heavy atom. The maximum atomic E-state index is 13.5. The Labute approximate surface area is 71.4 Å². The zero-order valence-electron chi connectivity index (χ0n) is 6.83. The molecule has 0 heterocycles. The van der Waals surface area contributed by atoms with Crippen molar-refractivity contribution >= 4 is 0 Å². The van der Waals surface area contributed by atoms with Crippen molar-refractivity contribution in [3.63, 3.8) is 0 Å². The van der Waals surface area contributed by atoms with E-state index in [4.69, 9.17) is 5.73 Å². The van der Waals surface area contributed by atoms with Gasteiger partial charge in [0.15, 0.2) is 0 Å². The van der Waals surface area contributed by atoms with Gasteiger partial charge in [0.2, 0.25) is 0 Å². The maximum absolute atomic E-state index is 13.5. The number of benzene rings is 1. The summed E-state index contributed by atoms with van der Waals surface area (Å²) < 4.78 is 13.5. The van der Waals surface area contributed by atoms with Crippen LogP contribution in [0.25, 0.3) is 0 Å². The number of rotatable bonds is 1. The van der Waals surface area contributed by atoms with Gasteiger partial charge in [-0.2, -0.15) is 0 Å². The van der Waals surface area contributed by atoms with Crippen LogP contribution in [0.5, 0.6) is 0 Å². The minimum absolute atomic E-state index is 0.00222. The Morgan fingerprint density at radius 3 is 2.83 bits per heavy atom. The fraction of sp³-hybridized carbons (Fsp3) is 0.400. The third-order valence-electron chi connectivity index (χ3n) is 2.55. The monoisotopic (exact) mass is 165 g/mol. The highest BCUT2D eigenvalue weighted by Crippen LogP contribution is 2.37. The molecule has 2 rings (SSSR count). The van der Waals surface area contributed by atoms with E-state index in [2.05, 4.69) is 0 Å². The largest absolute Gasteiger partial charge is 0.330 e. The van der Waals surface area contributed by atoms with Crippen molar-refractivity contribution in [3.8, 4) is 0 Å². The number of alkyl halides is 1. The molecule has 0 saturated carbocycles. The molecule has 1 aromatic rings. The summed E-state index contributed by atoms with van der Waals surface area (Å²) in [5.41, 5.74) is 7.43. The first-order valence-corrected chi connectivity index (χ1v) is 4.25. The molecule has 0 bridgehead atoms. The zero-order chi connectivity index (χ0) is 8.55. The minimum Gasteiger partial charge on any atom is -0.330 e. The molecule has 64 valence electrons. The summed E-state index contributed by atoms with van der Waals surface area (Å²) in [4.78, 5) is 0. The topological polar surface area (TPSA) is 26.0 Å². The Balaban J connectivity index is 2.35. The van der Waals surface area contributed by atoms with Gasteiger partial charge in [-0.15, -0.1) is 0 Å². The third-order valence-corrected chi connectivity index (χ3v) is 2.55. The van der Waals surface area contributed by atoms with Gasteiger partial charge in [-0.1, -0.05) is 24.3 Å². The third kappa shape index (κ3) is 1.03. The van der Waals surface area contributed by atoms with Crippen LogP contribution in [0, 0.1) is 5.92 Å². The summed E-state index contributed by atoms with van der Waals surface area (Å²) >= 11 is 0. The van der Waals surface area contributed by atoms with Gasteiger partial charge in [0, 0.05) is 5.92 Å². The first-order chi connectivity index (χ1) is 5.83. The smallest absolute Gasteiger partial charge is 0.130 e. The van der Waals surface area contributed by atoms with Gasteiger partial charge >= 0.3 is 0 Å². The summed E-state index contributed by atoms with van der Waals surface area (Å²) in [6.45, 7) is 0.440. The Kier molecular flexibility index (Phi) is 1.85. The van der Waals surface area contributed by atoms with Gasteiger partial charge in [0.05, 0.1) is 0 Å². The second-order valence-corrected chi connectivity index (χ2v) is 3.30. The molecule has 2 atom stereocenters. The first-order valence-electron chi connectivity index (χ1n) is 4.25.